The topological polar surface area (TPSA) is 63.6 Å². The minimum absolute atomic E-state index is 0.0311. The number of halogens is 1. The fourth-order valence-corrected chi connectivity index (χ4v) is 4.96. The molecule has 1 aromatic heterocycles. The van der Waals surface area contributed by atoms with Crippen molar-refractivity contribution in [1.29, 1.82) is 0 Å². The van der Waals surface area contributed by atoms with E-state index >= 15 is 0 Å². The number of anilines is 1. The molecule has 0 saturated carbocycles. The van der Waals surface area contributed by atoms with Crippen LogP contribution in [0.1, 0.15) is 29.5 Å². The number of nitrogens with zero attached hydrogens (tertiary/aromatic N) is 1. The molecule has 1 aliphatic carbocycles. The minimum atomic E-state index is 0.0311. The van der Waals surface area contributed by atoms with E-state index in [1.165, 1.54) is 5.57 Å². The van der Waals surface area contributed by atoms with Gasteiger partial charge in [-0.05, 0) is 54.0 Å². The van der Waals surface area contributed by atoms with Crippen molar-refractivity contribution in [2.24, 2.45) is 11.8 Å². The summed E-state index contributed by atoms with van der Waals surface area (Å²) in [6.45, 7) is 1.53. The van der Waals surface area contributed by atoms with Gasteiger partial charge in [-0.1, -0.05) is 35.9 Å². The van der Waals surface area contributed by atoms with Crippen LogP contribution in [0.2, 0.25) is 5.02 Å². The highest BCUT2D eigenvalue weighted by Gasteiger charge is 2.38. The number of amides is 2. The first-order chi connectivity index (χ1) is 14.6. The number of likely N-dealkylation sites (tertiary alicyclic amines) is 1. The summed E-state index contributed by atoms with van der Waals surface area (Å²) in [6, 6.07) is 9.99. The van der Waals surface area contributed by atoms with Crippen LogP contribution in [0, 0.1) is 11.8 Å². The second kappa shape index (κ2) is 7.73. The van der Waals surface area contributed by atoms with Crippen LogP contribution in [0.3, 0.4) is 0 Å². The number of allylic oxidation sites excluding steroid dienone is 1. The Bertz CT molecular complexity index is 1090. The standard InChI is InChI=1S/C24H22ClN3O2/c25-21-4-2-1-3-20(21)17-10-18-13-28(14-19(18)11-17)23(30)8-5-15-9-16-6-7-22(29)27-24(16)26-12-15/h1-5,8-10,12,18-19H,6-7,11,13-14H2,(H,26,27,29)/p+1/b8-5+. The van der Waals surface area contributed by atoms with Crippen molar-refractivity contribution in [1.82, 2.24) is 4.90 Å². The molecule has 6 heteroatoms. The number of hydrogen-bond donors (Lipinski definition) is 1. The number of aromatic amines is 1. The highest BCUT2D eigenvalue weighted by Crippen LogP contribution is 2.42. The van der Waals surface area contributed by atoms with Crippen LogP contribution < -0.4 is 10.3 Å². The third-order valence-corrected chi connectivity index (χ3v) is 6.60. The van der Waals surface area contributed by atoms with Gasteiger partial charge < -0.3 is 4.90 Å². The SMILES string of the molecule is O=C1CCc2cc(/C=C/C(=O)N3CC4C=C(c5ccccc5Cl)CC4C3)c[nH+]c2N1. The predicted molar refractivity (Wildman–Crippen MR) is 117 cm³/mol. The van der Waals surface area contributed by atoms with Crippen LogP contribution in [-0.4, -0.2) is 29.8 Å². The molecule has 2 aliphatic heterocycles. The Labute approximate surface area is 180 Å². The van der Waals surface area contributed by atoms with Crippen LogP contribution in [0.4, 0.5) is 5.82 Å². The lowest BCUT2D eigenvalue weighted by Gasteiger charge is -2.15. The first kappa shape index (κ1) is 19.1. The number of carbonyl (C=O) groups excluding carboxylic acids is 2. The van der Waals surface area contributed by atoms with Crippen LogP contribution in [0.25, 0.3) is 11.6 Å². The summed E-state index contributed by atoms with van der Waals surface area (Å²) in [5.41, 5.74) is 4.41. The number of aryl methyl sites for hydroxylation is 1. The Morgan fingerprint density at radius 3 is 2.93 bits per heavy atom. The van der Waals surface area contributed by atoms with Gasteiger partial charge in [0.15, 0.2) is 0 Å². The summed E-state index contributed by atoms with van der Waals surface area (Å²) < 4.78 is 0. The van der Waals surface area contributed by atoms with E-state index in [0.29, 0.717) is 24.7 Å². The normalized spacial score (nSPS) is 22.6. The maximum atomic E-state index is 12.7. The number of carbonyl (C=O) groups is 2. The number of aromatic nitrogens is 1. The van der Waals surface area contributed by atoms with E-state index in [0.717, 1.165) is 47.0 Å². The monoisotopic (exact) mass is 420 g/mol. The third-order valence-electron chi connectivity index (χ3n) is 6.27. The lowest BCUT2D eigenvalue weighted by molar-refractivity contribution is -0.361. The van der Waals surface area contributed by atoms with Crippen molar-refractivity contribution in [3.63, 3.8) is 0 Å². The second-order valence-corrected chi connectivity index (χ2v) is 8.66. The van der Waals surface area contributed by atoms with E-state index < -0.39 is 0 Å². The Morgan fingerprint density at radius 2 is 2.10 bits per heavy atom. The van der Waals surface area contributed by atoms with Crippen molar-refractivity contribution < 1.29 is 14.6 Å². The van der Waals surface area contributed by atoms with Crippen LogP contribution >= 0.6 is 11.6 Å². The van der Waals surface area contributed by atoms with Gasteiger partial charge >= 0.3 is 5.91 Å². The van der Waals surface area contributed by atoms with Gasteiger partial charge in [0.25, 0.3) is 5.82 Å². The van der Waals surface area contributed by atoms with E-state index in [1.807, 2.05) is 41.4 Å². The van der Waals surface area contributed by atoms with Crippen molar-refractivity contribution >= 4 is 40.9 Å². The molecule has 0 spiro atoms. The van der Waals surface area contributed by atoms with Gasteiger partial charge in [-0.15, -0.1) is 0 Å². The molecule has 5 rings (SSSR count). The number of hydrogen-bond acceptors (Lipinski definition) is 2. The van der Waals surface area contributed by atoms with E-state index in [-0.39, 0.29) is 11.8 Å². The molecular formula is C24H23ClN3O2+. The van der Waals surface area contributed by atoms with E-state index in [4.69, 9.17) is 11.6 Å². The molecule has 1 fully saturated rings. The highest BCUT2D eigenvalue weighted by atomic mass is 35.5. The van der Waals surface area contributed by atoms with Crippen LogP contribution in [0.15, 0.2) is 48.7 Å². The molecule has 2 N–H and O–H groups in total. The Balaban J connectivity index is 1.24. The zero-order valence-electron chi connectivity index (χ0n) is 16.5. The van der Waals surface area contributed by atoms with Crippen LogP contribution in [-0.2, 0) is 16.0 Å². The Hall–Kier alpha value is -2.92. The maximum Gasteiger partial charge on any atom is 0.307 e. The summed E-state index contributed by atoms with van der Waals surface area (Å²) in [5.74, 6) is 1.69. The maximum absolute atomic E-state index is 12.7. The van der Waals surface area contributed by atoms with Gasteiger partial charge in [0.05, 0.1) is 12.6 Å². The number of H-pyrrole nitrogens is 1. The third kappa shape index (κ3) is 3.65. The highest BCUT2D eigenvalue weighted by molar-refractivity contribution is 6.32. The van der Waals surface area contributed by atoms with E-state index in [2.05, 4.69) is 22.4 Å². The lowest BCUT2D eigenvalue weighted by Crippen LogP contribution is -2.27. The van der Waals surface area contributed by atoms with Crippen molar-refractivity contribution in [2.45, 2.75) is 19.3 Å². The van der Waals surface area contributed by atoms with E-state index in [9.17, 15) is 9.59 Å². The molecular weight excluding hydrogens is 398 g/mol. The zero-order chi connectivity index (χ0) is 20.7. The van der Waals surface area contributed by atoms with Gasteiger partial charge in [-0.25, -0.2) is 15.1 Å². The minimum Gasteiger partial charge on any atom is -0.338 e. The molecule has 2 unspecified atom stereocenters. The number of rotatable bonds is 3. The van der Waals surface area contributed by atoms with Gasteiger partial charge in [0, 0.05) is 35.3 Å². The molecule has 1 saturated heterocycles. The van der Waals surface area contributed by atoms with Crippen molar-refractivity contribution in [3.05, 3.63) is 70.4 Å². The zero-order valence-corrected chi connectivity index (χ0v) is 17.3. The molecule has 30 heavy (non-hydrogen) atoms. The van der Waals surface area contributed by atoms with Gasteiger partial charge in [-0.2, -0.15) is 0 Å². The molecule has 3 aliphatic rings. The summed E-state index contributed by atoms with van der Waals surface area (Å²) in [7, 11) is 0. The molecule has 3 heterocycles. The fraction of sp³-hybridized carbons (Fsp3) is 0.292. The molecule has 2 aromatic rings. The molecule has 152 valence electrons. The average Bonchev–Trinajstić information content (AvgIpc) is 3.31. The largest absolute Gasteiger partial charge is 0.338 e. The molecule has 0 bridgehead atoms. The summed E-state index contributed by atoms with van der Waals surface area (Å²) >= 11 is 6.35. The predicted octanol–water partition coefficient (Wildman–Crippen LogP) is 3.61. The molecule has 2 atom stereocenters. The Morgan fingerprint density at radius 1 is 1.23 bits per heavy atom. The smallest absolute Gasteiger partial charge is 0.307 e. The fourth-order valence-electron chi connectivity index (χ4n) is 4.71. The number of benzene rings is 1. The Kier molecular flexibility index (Phi) is 4.91. The second-order valence-electron chi connectivity index (χ2n) is 8.26. The quantitative estimate of drug-likeness (QED) is 0.771. The lowest BCUT2D eigenvalue weighted by atomic mass is 9.98. The molecule has 2 amide bonds. The number of fused-ring (bicyclic) bond motifs is 2. The molecule has 0 radical (unpaired) electrons. The number of nitrogens with one attached hydrogen (secondary N) is 2. The van der Waals surface area contributed by atoms with E-state index in [1.54, 1.807) is 6.08 Å². The van der Waals surface area contributed by atoms with Gasteiger partial charge in [-0.3, -0.25) is 4.79 Å². The number of pyridine rings is 1. The van der Waals surface area contributed by atoms with Crippen molar-refractivity contribution in [2.75, 3.05) is 18.4 Å². The van der Waals surface area contributed by atoms with Crippen LogP contribution in [0.5, 0.6) is 0 Å². The first-order valence-electron chi connectivity index (χ1n) is 10.3. The van der Waals surface area contributed by atoms with Gasteiger partial charge in [0.1, 0.15) is 0 Å². The molecule has 5 nitrogen and oxygen atoms in total. The average molecular weight is 421 g/mol. The first-order valence-corrected chi connectivity index (χ1v) is 10.7. The summed E-state index contributed by atoms with van der Waals surface area (Å²) in [6.07, 6.45) is 9.77. The van der Waals surface area contributed by atoms with Gasteiger partial charge in [0.2, 0.25) is 5.91 Å². The molecule has 1 aromatic carbocycles. The van der Waals surface area contributed by atoms with Crippen molar-refractivity contribution in [3.8, 4) is 0 Å². The summed E-state index contributed by atoms with van der Waals surface area (Å²) in [5, 5.41) is 3.62. The summed E-state index contributed by atoms with van der Waals surface area (Å²) in [4.78, 5) is 29.2.